The van der Waals surface area contributed by atoms with E-state index < -0.39 is 0 Å². The van der Waals surface area contributed by atoms with E-state index in [1.165, 1.54) is 11.1 Å². The lowest BCUT2D eigenvalue weighted by atomic mass is 9.90. The maximum absolute atomic E-state index is 5.51. The van der Waals surface area contributed by atoms with Crippen molar-refractivity contribution in [1.29, 1.82) is 0 Å². The number of hydrogen-bond acceptors (Lipinski definition) is 2. The quantitative estimate of drug-likeness (QED) is 0.840. The Morgan fingerprint density at radius 2 is 1.45 bits per heavy atom. The molecule has 0 aromatic heterocycles. The molecule has 0 spiro atoms. The molecule has 0 bridgehead atoms. The highest BCUT2D eigenvalue weighted by atomic mass is 16.5. The second-order valence-electron chi connectivity index (χ2n) is 5.44. The smallest absolute Gasteiger partial charge is 0.0851 e. The molecule has 2 aromatic rings. The van der Waals surface area contributed by atoms with Crippen LogP contribution in [-0.4, -0.2) is 30.7 Å². The average molecular weight is 267 g/mol. The molecule has 0 unspecified atom stereocenters. The van der Waals surface area contributed by atoms with Crippen molar-refractivity contribution < 1.29 is 4.74 Å². The van der Waals surface area contributed by atoms with E-state index in [-0.39, 0.29) is 0 Å². The highest BCUT2D eigenvalue weighted by Crippen LogP contribution is 2.36. The minimum Gasteiger partial charge on any atom is -0.379 e. The first-order valence-corrected chi connectivity index (χ1v) is 7.19. The summed E-state index contributed by atoms with van der Waals surface area (Å²) in [5.74, 6) is 0. The molecule has 2 aromatic carbocycles. The molecule has 0 amide bonds. The molecule has 0 N–H and O–H groups in total. The van der Waals surface area contributed by atoms with Crippen molar-refractivity contribution in [1.82, 2.24) is 4.90 Å². The zero-order valence-corrected chi connectivity index (χ0v) is 12.1. The molecular weight excluding hydrogens is 246 g/mol. The summed E-state index contributed by atoms with van der Waals surface area (Å²) in [6, 6.07) is 22.2. The van der Waals surface area contributed by atoms with Crippen LogP contribution in [0.4, 0.5) is 0 Å². The fourth-order valence-electron chi connectivity index (χ4n) is 3.06. The maximum Gasteiger partial charge on any atom is 0.0851 e. The van der Waals surface area contributed by atoms with Crippen LogP contribution in [0.1, 0.15) is 24.1 Å². The van der Waals surface area contributed by atoms with E-state index in [1.807, 2.05) is 0 Å². The van der Waals surface area contributed by atoms with Crippen LogP contribution in [0.3, 0.4) is 0 Å². The van der Waals surface area contributed by atoms with E-state index in [1.54, 1.807) is 7.11 Å². The van der Waals surface area contributed by atoms with E-state index in [9.17, 15) is 0 Å². The molecule has 0 radical (unpaired) electrons. The van der Waals surface area contributed by atoms with Crippen molar-refractivity contribution in [2.24, 2.45) is 0 Å². The van der Waals surface area contributed by atoms with Crippen LogP contribution in [0.25, 0.3) is 0 Å². The van der Waals surface area contributed by atoms with Gasteiger partial charge in [-0.3, -0.25) is 4.90 Å². The third-order valence-electron chi connectivity index (χ3n) is 4.32. The van der Waals surface area contributed by atoms with Gasteiger partial charge in [0.05, 0.1) is 12.1 Å². The normalized spacial score (nSPS) is 22.8. The molecule has 1 saturated heterocycles. The number of ether oxygens (including phenoxy) is 1. The lowest BCUT2D eigenvalue weighted by molar-refractivity contribution is -0.0912. The Kier molecular flexibility index (Phi) is 3.86. The Hall–Kier alpha value is -1.64. The van der Waals surface area contributed by atoms with Crippen LogP contribution in [-0.2, 0) is 4.74 Å². The minimum absolute atomic E-state index is 0.318. The zero-order valence-electron chi connectivity index (χ0n) is 12.1. The monoisotopic (exact) mass is 267 g/mol. The first-order chi connectivity index (χ1) is 9.81. The van der Waals surface area contributed by atoms with Gasteiger partial charge in [0.1, 0.15) is 0 Å². The maximum atomic E-state index is 5.51. The zero-order chi connectivity index (χ0) is 13.9. The summed E-state index contributed by atoms with van der Waals surface area (Å²) in [7, 11) is 1.80. The Morgan fingerprint density at radius 3 is 1.85 bits per heavy atom. The topological polar surface area (TPSA) is 12.5 Å². The van der Waals surface area contributed by atoms with Crippen LogP contribution >= 0.6 is 0 Å². The van der Waals surface area contributed by atoms with Crippen LogP contribution < -0.4 is 0 Å². The standard InChI is InChI=1S/C18H21NO/c1-14-17(20-2)13-19(14)18(15-9-5-3-6-10-15)16-11-7-4-8-12-16/h3-12,14,17-18H,13H2,1-2H3/t14-,17+/m0/s1. The van der Waals surface area contributed by atoms with Gasteiger partial charge in [-0.25, -0.2) is 0 Å². The van der Waals surface area contributed by atoms with Gasteiger partial charge in [-0.2, -0.15) is 0 Å². The average Bonchev–Trinajstić information content (AvgIpc) is 2.52. The summed E-state index contributed by atoms with van der Waals surface area (Å²) >= 11 is 0. The Morgan fingerprint density at radius 1 is 0.950 bits per heavy atom. The van der Waals surface area contributed by atoms with Crippen molar-refractivity contribution in [3.05, 3.63) is 71.8 Å². The second kappa shape index (κ2) is 5.78. The van der Waals surface area contributed by atoms with Crippen molar-refractivity contribution in [2.75, 3.05) is 13.7 Å². The van der Waals surface area contributed by atoms with Crippen molar-refractivity contribution in [2.45, 2.75) is 25.1 Å². The number of methoxy groups -OCH3 is 1. The summed E-state index contributed by atoms with van der Waals surface area (Å²) in [5, 5.41) is 0. The Balaban J connectivity index is 1.94. The third-order valence-corrected chi connectivity index (χ3v) is 4.32. The van der Waals surface area contributed by atoms with Crippen molar-refractivity contribution >= 4 is 0 Å². The van der Waals surface area contributed by atoms with Gasteiger partial charge in [-0.1, -0.05) is 60.7 Å². The van der Waals surface area contributed by atoms with Gasteiger partial charge in [-0.05, 0) is 18.1 Å². The van der Waals surface area contributed by atoms with E-state index in [0.29, 0.717) is 18.2 Å². The van der Waals surface area contributed by atoms with Crippen molar-refractivity contribution in [3.8, 4) is 0 Å². The second-order valence-corrected chi connectivity index (χ2v) is 5.44. The largest absolute Gasteiger partial charge is 0.379 e. The Labute approximate surface area is 121 Å². The van der Waals surface area contributed by atoms with E-state index >= 15 is 0 Å². The van der Waals surface area contributed by atoms with Crippen LogP contribution in [0, 0.1) is 0 Å². The summed E-state index contributed by atoms with van der Waals surface area (Å²) in [6.07, 6.45) is 0.352. The van der Waals surface area contributed by atoms with Crippen LogP contribution in [0.5, 0.6) is 0 Å². The molecule has 2 nitrogen and oxygen atoms in total. The molecule has 104 valence electrons. The molecule has 2 heteroatoms. The summed E-state index contributed by atoms with van der Waals surface area (Å²) in [6.45, 7) is 3.24. The summed E-state index contributed by atoms with van der Waals surface area (Å²) < 4.78 is 5.51. The summed E-state index contributed by atoms with van der Waals surface area (Å²) in [5.41, 5.74) is 2.69. The molecular formula is C18H21NO. The van der Waals surface area contributed by atoms with Gasteiger partial charge in [0, 0.05) is 19.7 Å². The Bertz CT molecular complexity index is 500. The van der Waals surface area contributed by atoms with E-state index in [4.69, 9.17) is 4.74 Å². The van der Waals surface area contributed by atoms with Gasteiger partial charge in [0.15, 0.2) is 0 Å². The molecule has 1 heterocycles. The summed E-state index contributed by atoms with van der Waals surface area (Å²) in [4.78, 5) is 2.51. The van der Waals surface area contributed by atoms with Gasteiger partial charge in [0.2, 0.25) is 0 Å². The number of rotatable bonds is 4. The molecule has 0 saturated carbocycles. The first kappa shape index (κ1) is 13.3. The van der Waals surface area contributed by atoms with Crippen LogP contribution in [0.15, 0.2) is 60.7 Å². The van der Waals surface area contributed by atoms with Crippen LogP contribution in [0.2, 0.25) is 0 Å². The predicted molar refractivity (Wildman–Crippen MR) is 81.7 cm³/mol. The van der Waals surface area contributed by atoms with Gasteiger partial charge < -0.3 is 4.74 Å². The molecule has 0 aliphatic carbocycles. The fraction of sp³-hybridized carbons (Fsp3) is 0.333. The molecule has 2 atom stereocenters. The number of hydrogen-bond donors (Lipinski definition) is 0. The first-order valence-electron chi connectivity index (χ1n) is 7.19. The van der Waals surface area contributed by atoms with Gasteiger partial charge >= 0.3 is 0 Å². The molecule has 1 aliphatic heterocycles. The van der Waals surface area contributed by atoms with E-state index in [0.717, 1.165) is 6.54 Å². The van der Waals surface area contributed by atoms with Crippen molar-refractivity contribution in [3.63, 3.8) is 0 Å². The fourth-order valence-corrected chi connectivity index (χ4v) is 3.06. The third kappa shape index (κ3) is 2.37. The highest BCUT2D eigenvalue weighted by molar-refractivity contribution is 5.32. The minimum atomic E-state index is 0.318. The number of likely N-dealkylation sites (tertiary alicyclic amines) is 1. The molecule has 1 fully saturated rings. The lowest BCUT2D eigenvalue weighted by Crippen LogP contribution is -2.60. The number of nitrogens with zero attached hydrogens (tertiary/aromatic N) is 1. The van der Waals surface area contributed by atoms with E-state index in [2.05, 4.69) is 72.5 Å². The molecule has 20 heavy (non-hydrogen) atoms. The highest BCUT2D eigenvalue weighted by Gasteiger charge is 2.40. The molecule has 3 rings (SSSR count). The number of benzene rings is 2. The lowest BCUT2D eigenvalue weighted by Gasteiger charge is -2.50. The molecule has 1 aliphatic rings. The van der Waals surface area contributed by atoms with Gasteiger partial charge in [0.25, 0.3) is 0 Å². The SMILES string of the molecule is CO[C@@H]1CN(C(c2ccccc2)c2ccccc2)[C@H]1C. The predicted octanol–water partition coefficient (Wildman–Crippen LogP) is 3.50. The van der Waals surface area contributed by atoms with Gasteiger partial charge in [-0.15, -0.1) is 0 Å².